The summed E-state index contributed by atoms with van der Waals surface area (Å²) in [5.41, 5.74) is 5.43. The molecule has 5 nitrogen and oxygen atoms in total. The number of aromatic nitrogens is 1. The van der Waals surface area contributed by atoms with E-state index in [4.69, 9.17) is 14.9 Å². The van der Waals surface area contributed by atoms with Crippen molar-refractivity contribution in [3.8, 4) is 0 Å². The molecule has 0 radical (unpaired) electrons. The van der Waals surface area contributed by atoms with Crippen LogP contribution in [0.25, 0.3) is 0 Å². The summed E-state index contributed by atoms with van der Waals surface area (Å²) >= 11 is 0. The highest BCUT2D eigenvalue weighted by molar-refractivity contribution is 6.74. The van der Waals surface area contributed by atoms with E-state index in [1.165, 1.54) is 6.20 Å². The van der Waals surface area contributed by atoms with E-state index in [1.807, 2.05) is 13.1 Å². The molecule has 142 valence electrons. The van der Waals surface area contributed by atoms with E-state index in [9.17, 15) is 5.11 Å². The van der Waals surface area contributed by atoms with Crippen LogP contribution in [0.4, 0.5) is 10.1 Å². The average molecular weight is 371 g/mol. The topological polar surface area (TPSA) is 77.6 Å². The summed E-state index contributed by atoms with van der Waals surface area (Å²) in [6.45, 7) is 13.7. The van der Waals surface area contributed by atoms with Gasteiger partial charge in [0.1, 0.15) is 17.8 Å². The third-order valence-electron chi connectivity index (χ3n) is 5.75. The molecule has 1 aromatic rings. The van der Waals surface area contributed by atoms with Crippen LogP contribution in [0.3, 0.4) is 0 Å². The van der Waals surface area contributed by atoms with Crippen molar-refractivity contribution in [3.63, 3.8) is 0 Å². The van der Waals surface area contributed by atoms with Crippen LogP contribution in [0.5, 0.6) is 0 Å². The molecule has 1 aliphatic heterocycles. The Morgan fingerprint density at radius 1 is 1.40 bits per heavy atom. The van der Waals surface area contributed by atoms with E-state index >= 15 is 4.39 Å². The van der Waals surface area contributed by atoms with Gasteiger partial charge in [0, 0.05) is 11.8 Å². The molecule has 3 N–H and O–H groups in total. The molecule has 1 aliphatic rings. The van der Waals surface area contributed by atoms with Crippen LogP contribution in [0.15, 0.2) is 18.5 Å². The maximum absolute atomic E-state index is 15.5. The van der Waals surface area contributed by atoms with Crippen LogP contribution < -0.4 is 5.73 Å². The van der Waals surface area contributed by atoms with Crippen LogP contribution in [0.2, 0.25) is 18.1 Å². The third kappa shape index (κ3) is 3.74. The lowest BCUT2D eigenvalue weighted by Gasteiger charge is -2.51. The molecular formula is C18H31FN2O3Si. The molecule has 0 aliphatic carbocycles. The minimum Gasteiger partial charge on any atom is -0.408 e. The van der Waals surface area contributed by atoms with E-state index in [2.05, 4.69) is 25.8 Å². The number of ether oxygens (including phenoxy) is 1. The first-order valence-electron chi connectivity index (χ1n) is 8.68. The normalized spacial score (nSPS) is 34.1. The summed E-state index contributed by atoms with van der Waals surface area (Å²) < 4.78 is 27.6. The maximum Gasteiger partial charge on any atom is 0.192 e. The number of nitrogens with two attached hydrogens (primary N) is 1. The zero-order valence-electron chi connectivity index (χ0n) is 16.2. The molecule has 0 bridgehead atoms. The monoisotopic (exact) mass is 370 g/mol. The maximum atomic E-state index is 15.5. The summed E-state index contributed by atoms with van der Waals surface area (Å²) in [6.07, 6.45) is -0.991. The van der Waals surface area contributed by atoms with Crippen molar-refractivity contribution in [2.75, 3.05) is 5.73 Å². The molecule has 1 saturated heterocycles. The SMILES string of the molecule is C[C@H]1O[C@@H](c2ccncc2N)[C@H](F)[C@@H](O[Si](C)(C)C(C)(C)C)[C@]1(C)O. The number of anilines is 1. The van der Waals surface area contributed by atoms with Gasteiger partial charge in [-0.1, -0.05) is 20.8 Å². The van der Waals surface area contributed by atoms with E-state index in [0.29, 0.717) is 11.3 Å². The summed E-state index contributed by atoms with van der Waals surface area (Å²) in [5, 5.41) is 10.8. The molecule has 0 unspecified atom stereocenters. The van der Waals surface area contributed by atoms with Crippen LogP contribution in [-0.2, 0) is 9.16 Å². The van der Waals surface area contributed by atoms with Crippen molar-refractivity contribution >= 4 is 14.0 Å². The molecule has 0 saturated carbocycles. The minimum atomic E-state index is -2.30. The van der Waals surface area contributed by atoms with Crippen molar-refractivity contribution in [2.24, 2.45) is 0 Å². The Balaban J connectivity index is 2.40. The predicted molar refractivity (Wildman–Crippen MR) is 99.5 cm³/mol. The lowest BCUT2D eigenvalue weighted by Crippen LogP contribution is -2.64. The number of nitrogens with zero attached hydrogens (tertiary/aromatic N) is 1. The number of rotatable bonds is 3. The first-order valence-corrected chi connectivity index (χ1v) is 11.6. The van der Waals surface area contributed by atoms with Crippen LogP contribution in [0, 0.1) is 0 Å². The van der Waals surface area contributed by atoms with E-state index in [-0.39, 0.29) is 5.04 Å². The number of pyridine rings is 1. The van der Waals surface area contributed by atoms with Gasteiger partial charge in [0.2, 0.25) is 0 Å². The van der Waals surface area contributed by atoms with Crippen LogP contribution in [0.1, 0.15) is 46.3 Å². The largest absolute Gasteiger partial charge is 0.408 e. The molecule has 0 aromatic carbocycles. The number of hydrogen-bond acceptors (Lipinski definition) is 5. The molecule has 2 heterocycles. The van der Waals surface area contributed by atoms with Gasteiger partial charge in [-0.25, -0.2) is 4.39 Å². The molecule has 7 heteroatoms. The molecule has 0 amide bonds. The van der Waals surface area contributed by atoms with Gasteiger partial charge in [0.25, 0.3) is 0 Å². The fourth-order valence-corrected chi connectivity index (χ4v) is 4.10. The quantitative estimate of drug-likeness (QED) is 0.795. The van der Waals surface area contributed by atoms with Crippen molar-refractivity contribution < 1.29 is 18.7 Å². The van der Waals surface area contributed by atoms with Crippen molar-refractivity contribution in [3.05, 3.63) is 24.0 Å². The molecule has 5 atom stereocenters. The van der Waals surface area contributed by atoms with Gasteiger partial charge < -0.3 is 20.0 Å². The summed E-state index contributed by atoms with van der Waals surface area (Å²) in [5.74, 6) is 0. The van der Waals surface area contributed by atoms with E-state index < -0.39 is 38.4 Å². The first-order chi connectivity index (χ1) is 11.3. The van der Waals surface area contributed by atoms with Gasteiger partial charge in [-0.3, -0.25) is 4.98 Å². The number of hydrogen-bond donors (Lipinski definition) is 2. The fraction of sp³-hybridized carbons (Fsp3) is 0.722. The highest BCUT2D eigenvalue weighted by Crippen LogP contribution is 2.45. The highest BCUT2D eigenvalue weighted by atomic mass is 28.4. The standard InChI is InChI=1S/C18H31FN2O3Si/c1-11-18(5,22)16(24-25(6,7)17(2,3)4)14(19)15(23-11)12-8-9-21-10-13(12)20/h8-11,14-16,22H,20H2,1-7H3/t11-,14+,15+,16-,18-/m1/s1. The average Bonchev–Trinajstić information content (AvgIpc) is 2.47. The van der Waals surface area contributed by atoms with Gasteiger partial charge in [-0.15, -0.1) is 0 Å². The third-order valence-corrected chi connectivity index (χ3v) is 10.2. The molecule has 2 rings (SSSR count). The van der Waals surface area contributed by atoms with Gasteiger partial charge in [0.05, 0.1) is 18.0 Å². The summed E-state index contributed by atoms with van der Waals surface area (Å²) in [6, 6.07) is 1.66. The zero-order valence-corrected chi connectivity index (χ0v) is 17.2. The lowest BCUT2D eigenvalue weighted by molar-refractivity contribution is -0.241. The second-order valence-corrected chi connectivity index (χ2v) is 13.4. The number of halogens is 1. The smallest absolute Gasteiger partial charge is 0.192 e. The van der Waals surface area contributed by atoms with Crippen LogP contribution in [-0.4, -0.2) is 42.4 Å². The Labute approximate surface area is 150 Å². The van der Waals surface area contributed by atoms with Crippen molar-refractivity contribution in [1.29, 1.82) is 0 Å². The molecule has 0 spiro atoms. The Bertz CT molecular complexity index is 619. The minimum absolute atomic E-state index is 0.102. The Hall–Kier alpha value is -1.02. The predicted octanol–water partition coefficient (Wildman–Crippen LogP) is 3.60. The number of aliphatic hydroxyl groups is 1. The van der Waals surface area contributed by atoms with Gasteiger partial charge in [-0.05, 0) is 38.0 Å². The second kappa shape index (κ2) is 6.61. The zero-order chi connectivity index (χ0) is 19.2. The van der Waals surface area contributed by atoms with Gasteiger partial charge >= 0.3 is 0 Å². The molecule has 1 aromatic heterocycles. The van der Waals surface area contributed by atoms with E-state index in [1.54, 1.807) is 26.1 Å². The fourth-order valence-electron chi connectivity index (χ4n) is 2.75. The van der Waals surface area contributed by atoms with Gasteiger partial charge in [0.15, 0.2) is 14.5 Å². The first kappa shape index (κ1) is 20.3. The molecular weight excluding hydrogens is 339 g/mol. The summed E-state index contributed by atoms with van der Waals surface area (Å²) in [4.78, 5) is 3.95. The van der Waals surface area contributed by atoms with Crippen molar-refractivity contribution in [2.45, 2.75) is 82.8 Å². The molecule has 1 fully saturated rings. The number of alkyl halides is 1. The second-order valence-electron chi connectivity index (χ2n) is 8.67. The lowest BCUT2D eigenvalue weighted by atomic mass is 9.83. The Morgan fingerprint density at radius 3 is 2.52 bits per heavy atom. The highest BCUT2D eigenvalue weighted by Gasteiger charge is 2.55. The Kier molecular flexibility index (Phi) is 5.36. The Morgan fingerprint density at radius 2 is 2.00 bits per heavy atom. The molecule has 25 heavy (non-hydrogen) atoms. The summed E-state index contributed by atoms with van der Waals surface area (Å²) in [7, 11) is -2.30. The number of nitrogen functional groups attached to an aromatic ring is 1. The van der Waals surface area contributed by atoms with Gasteiger partial charge in [-0.2, -0.15) is 0 Å². The van der Waals surface area contributed by atoms with Crippen molar-refractivity contribution in [1.82, 2.24) is 4.98 Å². The van der Waals surface area contributed by atoms with Crippen LogP contribution >= 0.6 is 0 Å². The van der Waals surface area contributed by atoms with E-state index in [0.717, 1.165) is 0 Å².